The lowest BCUT2D eigenvalue weighted by Crippen LogP contribution is -2.39. The molecule has 0 aromatic rings. The quantitative estimate of drug-likeness (QED) is 0.782. The average Bonchev–Trinajstić information content (AvgIpc) is 2.70. The van der Waals surface area contributed by atoms with Crippen molar-refractivity contribution in [1.82, 2.24) is 9.80 Å². The summed E-state index contributed by atoms with van der Waals surface area (Å²) >= 11 is 0. The summed E-state index contributed by atoms with van der Waals surface area (Å²) in [4.78, 5) is 14.9. The lowest BCUT2D eigenvalue weighted by Gasteiger charge is -2.25. The summed E-state index contributed by atoms with van der Waals surface area (Å²) < 4.78 is 40.1. The molecule has 1 aliphatic rings. The van der Waals surface area contributed by atoms with E-state index in [1.165, 1.54) is 4.90 Å². The van der Waals surface area contributed by atoms with Crippen LogP contribution in [0.3, 0.4) is 0 Å². The minimum Gasteiger partial charge on any atom is -0.440 e. The van der Waals surface area contributed by atoms with Gasteiger partial charge in [0.15, 0.2) is 6.61 Å². The molecule has 1 amide bonds. The maximum absolute atomic E-state index is 12.0. The number of likely N-dealkylation sites (tertiary alicyclic amines) is 1. The molecule has 0 aliphatic carbocycles. The lowest BCUT2D eigenvalue weighted by atomic mass is 10.1. The summed E-state index contributed by atoms with van der Waals surface area (Å²) in [5.41, 5.74) is 0. The number of hydrogen-bond acceptors (Lipinski definition) is 3. The minimum atomic E-state index is -4.46. The molecule has 1 saturated heterocycles. The molecule has 0 saturated carbocycles. The van der Waals surface area contributed by atoms with Crippen LogP contribution in [0.2, 0.25) is 0 Å². The van der Waals surface area contributed by atoms with E-state index in [-0.39, 0.29) is 6.04 Å². The molecule has 7 heteroatoms. The van der Waals surface area contributed by atoms with Crippen molar-refractivity contribution in [3.63, 3.8) is 0 Å². The number of ether oxygens (including phenoxy) is 1. The van der Waals surface area contributed by atoms with E-state index >= 15 is 0 Å². The third kappa shape index (κ3) is 5.12. The van der Waals surface area contributed by atoms with Crippen LogP contribution in [0, 0.1) is 0 Å². The molecule has 0 unspecified atom stereocenters. The number of amides is 1. The van der Waals surface area contributed by atoms with Crippen LogP contribution in [-0.2, 0) is 4.74 Å². The topological polar surface area (TPSA) is 32.8 Å². The van der Waals surface area contributed by atoms with Gasteiger partial charge in [0.1, 0.15) is 0 Å². The zero-order valence-corrected chi connectivity index (χ0v) is 10.7. The zero-order chi connectivity index (χ0) is 13.8. The summed E-state index contributed by atoms with van der Waals surface area (Å²) in [6.45, 7) is -0.231. The highest BCUT2D eigenvalue weighted by molar-refractivity contribution is 5.68. The van der Waals surface area contributed by atoms with Crippen molar-refractivity contribution >= 4 is 6.09 Å². The van der Waals surface area contributed by atoms with Gasteiger partial charge in [0.25, 0.3) is 0 Å². The second-order valence-electron chi connectivity index (χ2n) is 4.75. The number of carbonyl (C=O) groups is 1. The number of hydrogen-bond donors (Lipinski definition) is 0. The molecule has 0 aromatic carbocycles. The minimum absolute atomic E-state index is 0.00636. The first kappa shape index (κ1) is 15.1. The van der Waals surface area contributed by atoms with Gasteiger partial charge in [-0.05, 0) is 39.9 Å². The van der Waals surface area contributed by atoms with Gasteiger partial charge in [-0.1, -0.05) is 0 Å². The molecule has 0 spiro atoms. The van der Waals surface area contributed by atoms with Crippen LogP contribution in [0.5, 0.6) is 0 Å². The standard InChI is InChI=1S/C11H19F3N2O2/c1-15(2)7-5-9-4-3-6-16(9)10(17)18-8-11(12,13)14/h9H,3-8H2,1-2H3/t9-/m1/s1. The van der Waals surface area contributed by atoms with E-state index in [0.717, 1.165) is 25.8 Å². The highest BCUT2D eigenvalue weighted by Gasteiger charge is 2.34. The molecule has 1 atom stereocenters. The second kappa shape index (κ2) is 6.26. The Morgan fingerprint density at radius 1 is 1.44 bits per heavy atom. The van der Waals surface area contributed by atoms with E-state index in [4.69, 9.17) is 0 Å². The molecule has 1 rings (SSSR count). The van der Waals surface area contributed by atoms with Gasteiger partial charge < -0.3 is 14.5 Å². The van der Waals surface area contributed by atoms with E-state index in [1.54, 1.807) is 0 Å². The fourth-order valence-corrected chi connectivity index (χ4v) is 2.01. The van der Waals surface area contributed by atoms with E-state index in [9.17, 15) is 18.0 Å². The number of halogens is 3. The Bertz CT molecular complexity index is 282. The predicted octanol–water partition coefficient (Wildman–Crippen LogP) is 2.10. The molecular formula is C11H19F3N2O2. The Morgan fingerprint density at radius 2 is 2.11 bits per heavy atom. The Morgan fingerprint density at radius 3 is 2.67 bits per heavy atom. The smallest absolute Gasteiger partial charge is 0.422 e. The monoisotopic (exact) mass is 268 g/mol. The van der Waals surface area contributed by atoms with Gasteiger partial charge in [0, 0.05) is 12.6 Å². The van der Waals surface area contributed by atoms with Crippen molar-refractivity contribution in [2.45, 2.75) is 31.5 Å². The molecule has 0 aromatic heterocycles. The lowest BCUT2D eigenvalue weighted by molar-refractivity contribution is -0.162. The van der Waals surface area contributed by atoms with Crippen LogP contribution in [0.15, 0.2) is 0 Å². The molecule has 0 N–H and O–H groups in total. The van der Waals surface area contributed by atoms with Gasteiger partial charge in [-0.15, -0.1) is 0 Å². The first-order chi connectivity index (χ1) is 8.29. The van der Waals surface area contributed by atoms with E-state index < -0.39 is 18.9 Å². The normalized spacial score (nSPS) is 20.6. The molecule has 1 heterocycles. The fourth-order valence-electron chi connectivity index (χ4n) is 2.01. The highest BCUT2D eigenvalue weighted by Crippen LogP contribution is 2.22. The van der Waals surface area contributed by atoms with Crippen molar-refractivity contribution in [2.75, 3.05) is 33.8 Å². The number of carbonyl (C=O) groups excluding carboxylic acids is 1. The maximum atomic E-state index is 12.0. The predicted molar refractivity (Wildman–Crippen MR) is 60.3 cm³/mol. The molecular weight excluding hydrogens is 249 g/mol. The van der Waals surface area contributed by atoms with Crippen molar-refractivity contribution in [2.24, 2.45) is 0 Å². The van der Waals surface area contributed by atoms with Gasteiger partial charge in [-0.2, -0.15) is 13.2 Å². The maximum Gasteiger partial charge on any atom is 0.422 e. The summed E-state index contributed by atoms with van der Waals surface area (Å²) in [5, 5.41) is 0. The SMILES string of the molecule is CN(C)CC[C@H]1CCCN1C(=O)OCC(F)(F)F. The highest BCUT2D eigenvalue weighted by atomic mass is 19.4. The van der Waals surface area contributed by atoms with Gasteiger partial charge in [-0.25, -0.2) is 4.79 Å². The van der Waals surface area contributed by atoms with Crippen LogP contribution in [-0.4, -0.2) is 61.9 Å². The van der Waals surface area contributed by atoms with Crippen LogP contribution in [0.4, 0.5) is 18.0 Å². The molecule has 0 bridgehead atoms. The van der Waals surface area contributed by atoms with Crippen LogP contribution < -0.4 is 0 Å². The number of rotatable bonds is 4. The van der Waals surface area contributed by atoms with Crippen molar-refractivity contribution < 1.29 is 22.7 Å². The van der Waals surface area contributed by atoms with E-state index in [2.05, 4.69) is 4.74 Å². The third-order valence-electron chi connectivity index (χ3n) is 2.88. The Labute approximate surface area is 105 Å². The van der Waals surface area contributed by atoms with Gasteiger partial charge in [0.2, 0.25) is 0 Å². The summed E-state index contributed by atoms with van der Waals surface area (Å²) in [6.07, 6.45) is -2.91. The Hall–Kier alpha value is -0.980. The van der Waals surface area contributed by atoms with E-state index in [0.29, 0.717) is 6.54 Å². The summed E-state index contributed by atoms with van der Waals surface area (Å²) in [5.74, 6) is 0. The van der Waals surface area contributed by atoms with Crippen LogP contribution in [0.25, 0.3) is 0 Å². The van der Waals surface area contributed by atoms with Crippen LogP contribution >= 0.6 is 0 Å². The molecule has 4 nitrogen and oxygen atoms in total. The number of alkyl halides is 3. The molecule has 106 valence electrons. The molecule has 0 radical (unpaired) electrons. The van der Waals surface area contributed by atoms with Crippen molar-refractivity contribution in [1.29, 1.82) is 0 Å². The van der Waals surface area contributed by atoms with Gasteiger partial charge in [0.05, 0.1) is 0 Å². The molecule has 1 aliphatic heterocycles. The Balaban J connectivity index is 2.40. The fraction of sp³-hybridized carbons (Fsp3) is 0.909. The van der Waals surface area contributed by atoms with Crippen LogP contribution in [0.1, 0.15) is 19.3 Å². The van der Waals surface area contributed by atoms with Crippen molar-refractivity contribution in [3.8, 4) is 0 Å². The van der Waals surface area contributed by atoms with Gasteiger partial charge in [-0.3, -0.25) is 0 Å². The Kier molecular flexibility index (Phi) is 5.25. The molecule has 1 fully saturated rings. The first-order valence-electron chi connectivity index (χ1n) is 5.94. The van der Waals surface area contributed by atoms with Crippen molar-refractivity contribution in [3.05, 3.63) is 0 Å². The summed E-state index contributed by atoms with van der Waals surface area (Å²) in [7, 11) is 3.84. The largest absolute Gasteiger partial charge is 0.440 e. The first-order valence-corrected chi connectivity index (χ1v) is 5.94. The third-order valence-corrected chi connectivity index (χ3v) is 2.88. The van der Waals surface area contributed by atoms with E-state index in [1.807, 2.05) is 19.0 Å². The molecule has 18 heavy (non-hydrogen) atoms. The number of nitrogens with zero attached hydrogens (tertiary/aromatic N) is 2. The summed E-state index contributed by atoms with van der Waals surface area (Å²) in [6, 6.07) is -0.00636. The average molecular weight is 268 g/mol. The zero-order valence-electron chi connectivity index (χ0n) is 10.7. The second-order valence-corrected chi connectivity index (χ2v) is 4.75. The van der Waals surface area contributed by atoms with Gasteiger partial charge >= 0.3 is 12.3 Å².